The summed E-state index contributed by atoms with van der Waals surface area (Å²) in [5.74, 6) is 0.319. The van der Waals surface area contributed by atoms with Crippen molar-refractivity contribution in [3.05, 3.63) is 35.6 Å². The summed E-state index contributed by atoms with van der Waals surface area (Å²) < 4.78 is 13.0. The van der Waals surface area contributed by atoms with Crippen molar-refractivity contribution in [3.8, 4) is 0 Å². The first-order chi connectivity index (χ1) is 13.4. The van der Waals surface area contributed by atoms with Crippen molar-refractivity contribution in [2.75, 3.05) is 26.7 Å². The van der Waals surface area contributed by atoms with Gasteiger partial charge in [-0.15, -0.1) is 12.4 Å². The summed E-state index contributed by atoms with van der Waals surface area (Å²) in [7, 11) is 1.96. The molecule has 0 aromatic heterocycles. The lowest BCUT2D eigenvalue weighted by molar-refractivity contribution is -0.135. The second kappa shape index (κ2) is 12.6. The standard InChI is InChI=1S/C21H33FN4O2.ClH/c1-15(2)19(20(27)26-12-9-16(10-13-26)8-11-23-3)25-21(28)24-14-17-4-6-18(22)7-5-17;/h4-7,15-16,19,23H,8-14H2,1-3H3,(H2,24,25,28);1H. The Morgan fingerprint density at radius 3 is 2.34 bits per heavy atom. The number of benzene rings is 1. The third kappa shape index (κ3) is 8.19. The van der Waals surface area contributed by atoms with Crippen LogP contribution in [0.3, 0.4) is 0 Å². The van der Waals surface area contributed by atoms with E-state index in [9.17, 15) is 14.0 Å². The lowest BCUT2D eigenvalue weighted by atomic mass is 9.92. The zero-order chi connectivity index (χ0) is 20.5. The Morgan fingerprint density at radius 1 is 1.17 bits per heavy atom. The molecule has 0 bridgehead atoms. The normalized spacial score (nSPS) is 15.6. The number of likely N-dealkylation sites (tertiary alicyclic amines) is 1. The van der Waals surface area contributed by atoms with Gasteiger partial charge < -0.3 is 20.9 Å². The number of halogens is 2. The van der Waals surface area contributed by atoms with E-state index in [0.29, 0.717) is 5.92 Å². The van der Waals surface area contributed by atoms with Crippen LogP contribution in [-0.4, -0.2) is 49.6 Å². The molecule has 1 fully saturated rings. The van der Waals surface area contributed by atoms with E-state index in [1.54, 1.807) is 12.1 Å². The van der Waals surface area contributed by atoms with Crippen molar-refractivity contribution < 1.29 is 14.0 Å². The van der Waals surface area contributed by atoms with Gasteiger partial charge in [0.1, 0.15) is 11.9 Å². The minimum Gasteiger partial charge on any atom is -0.341 e. The minimum absolute atomic E-state index is 0. The van der Waals surface area contributed by atoms with Crippen LogP contribution < -0.4 is 16.0 Å². The van der Waals surface area contributed by atoms with Crippen molar-refractivity contribution in [2.45, 2.75) is 45.7 Å². The van der Waals surface area contributed by atoms with Crippen LogP contribution in [0.1, 0.15) is 38.7 Å². The first-order valence-electron chi connectivity index (χ1n) is 10.1. The number of rotatable bonds is 8. The molecule has 0 saturated carbocycles. The highest BCUT2D eigenvalue weighted by Gasteiger charge is 2.31. The Bertz CT molecular complexity index is 634. The van der Waals surface area contributed by atoms with Crippen LogP contribution in [0, 0.1) is 17.7 Å². The molecular formula is C21H34ClFN4O2. The molecular weight excluding hydrogens is 395 g/mol. The highest BCUT2D eigenvalue weighted by atomic mass is 35.5. The molecule has 8 heteroatoms. The smallest absolute Gasteiger partial charge is 0.315 e. The highest BCUT2D eigenvalue weighted by molar-refractivity contribution is 5.87. The molecule has 1 aliphatic heterocycles. The van der Waals surface area contributed by atoms with Gasteiger partial charge >= 0.3 is 6.03 Å². The van der Waals surface area contributed by atoms with Crippen LogP contribution in [0.5, 0.6) is 0 Å². The SMILES string of the molecule is CNCCC1CCN(C(=O)C(NC(=O)NCc2ccc(F)cc2)C(C)C)CC1.Cl. The number of nitrogens with one attached hydrogen (secondary N) is 3. The van der Waals surface area contributed by atoms with Gasteiger partial charge in [0.05, 0.1) is 0 Å². The van der Waals surface area contributed by atoms with E-state index in [2.05, 4.69) is 16.0 Å². The van der Waals surface area contributed by atoms with Crippen molar-refractivity contribution in [1.29, 1.82) is 0 Å². The van der Waals surface area contributed by atoms with Crippen LogP contribution in [0.25, 0.3) is 0 Å². The summed E-state index contributed by atoms with van der Waals surface area (Å²) in [5, 5.41) is 8.73. The summed E-state index contributed by atoms with van der Waals surface area (Å²) in [4.78, 5) is 27.1. The Labute approximate surface area is 179 Å². The van der Waals surface area contributed by atoms with Gasteiger partial charge in [0.15, 0.2) is 0 Å². The number of hydrogen-bond donors (Lipinski definition) is 3. The zero-order valence-corrected chi connectivity index (χ0v) is 18.4. The molecule has 3 amide bonds. The fraction of sp³-hybridized carbons (Fsp3) is 0.619. The van der Waals surface area contributed by atoms with E-state index in [1.165, 1.54) is 12.1 Å². The molecule has 0 aliphatic carbocycles. The summed E-state index contributed by atoms with van der Waals surface area (Å²) in [6.07, 6.45) is 3.15. The van der Waals surface area contributed by atoms with Gasteiger partial charge in [-0.2, -0.15) is 0 Å². The average Bonchev–Trinajstić information content (AvgIpc) is 2.69. The van der Waals surface area contributed by atoms with E-state index < -0.39 is 6.04 Å². The molecule has 6 nitrogen and oxygen atoms in total. The lowest BCUT2D eigenvalue weighted by Gasteiger charge is -2.35. The molecule has 1 saturated heterocycles. The largest absolute Gasteiger partial charge is 0.341 e. The summed E-state index contributed by atoms with van der Waals surface area (Å²) in [6.45, 7) is 6.64. The third-order valence-electron chi connectivity index (χ3n) is 5.31. The number of carbonyl (C=O) groups is 2. The quantitative estimate of drug-likeness (QED) is 0.596. The highest BCUT2D eigenvalue weighted by Crippen LogP contribution is 2.21. The second-order valence-corrected chi connectivity index (χ2v) is 7.84. The zero-order valence-electron chi connectivity index (χ0n) is 17.5. The lowest BCUT2D eigenvalue weighted by Crippen LogP contribution is -2.54. The molecule has 3 N–H and O–H groups in total. The van der Waals surface area contributed by atoms with E-state index >= 15 is 0 Å². The van der Waals surface area contributed by atoms with Gasteiger partial charge in [-0.1, -0.05) is 26.0 Å². The monoisotopic (exact) mass is 428 g/mol. The number of piperidine rings is 1. The van der Waals surface area contributed by atoms with Gasteiger partial charge in [0, 0.05) is 19.6 Å². The molecule has 1 heterocycles. The van der Waals surface area contributed by atoms with Gasteiger partial charge in [-0.3, -0.25) is 4.79 Å². The maximum atomic E-state index is 13.0. The van der Waals surface area contributed by atoms with Gasteiger partial charge in [0.25, 0.3) is 0 Å². The molecule has 0 spiro atoms. The summed E-state index contributed by atoms with van der Waals surface area (Å²) >= 11 is 0. The Balaban J connectivity index is 0.00000420. The number of hydrogen-bond acceptors (Lipinski definition) is 3. The van der Waals surface area contributed by atoms with Crippen LogP contribution in [0.4, 0.5) is 9.18 Å². The third-order valence-corrected chi connectivity index (χ3v) is 5.31. The number of carbonyl (C=O) groups excluding carboxylic acids is 2. The van der Waals surface area contributed by atoms with Crippen LogP contribution in [0.15, 0.2) is 24.3 Å². The van der Waals surface area contributed by atoms with Crippen LogP contribution >= 0.6 is 12.4 Å². The molecule has 1 aliphatic rings. The number of amides is 3. The fourth-order valence-electron chi connectivity index (χ4n) is 3.48. The molecule has 1 unspecified atom stereocenters. The summed E-state index contributed by atoms with van der Waals surface area (Å²) in [6, 6.07) is 5.02. The van der Waals surface area contributed by atoms with Crippen molar-refractivity contribution >= 4 is 24.3 Å². The van der Waals surface area contributed by atoms with Gasteiger partial charge in [0.2, 0.25) is 5.91 Å². The molecule has 1 aromatic rings. The average molecular weight is 429 g/mol. The molecule has 1 aromatic carbocycles. The molecule has 1 atom stereocenters. The summed E-state index contributed by atoms with van der Waals surface area (Å²) in [5.41, 5.74) is 0.799. The molecule has 29 heavy (non-hydrogen) atoms. The predicted octanol–water partition coefficient (Wildman–Crippen LogP) is 2.92. The number of nitrogens with zero attached hydrogens (tertiary/aromatic N) is 1. The van der Waals surface area contributed by atoms with E-state index in [0.717, 1.165) is 44.5 Å². The first kappa shape index (κ1) is 25.2. The second-order valence-electron chi connectivity index (χ2n) is 7.84. The van der Waals surface area contributed by atoms with Gasteiger partial charge in [-0.25, -0.2) is 9.18 Å². The molecule has 164 valence electrons. The Kier molecular flexibility index (Phi) is 11.0. The molecule has 0 radical (unpaired) electrons. The van der Waals surface area contributed by atoms with Crippen molar-refractivity contribution in [3.63, 3.8) is 0 Å². The van der Waals surface area contributed by atoms with Crippen LogP contribution in [-0.2, 0) is 11.3 Å². The van der Waals surface area contributed by atoms with Crippen LogP contribution in [0.2, 0.25) is 0 Å². The van der Waals surface area contributed by atoms with E-state index in [1.807, 2.05) is 25.8 Å². The minimum atomic E-state index is -0.554. The maximum absolute atomic E-state index is 13.0. The molecule has 2 rings (SSSR count). The van der Waals surface area contributed by atoms with E-state index in [-0.39, 0.29) is 42.6 Å². The Morgan fingerprint density at radius 2 is 1.79 bits per heavy atom. The topological polar surface area (TPSA) is 73.5 Å². The van der Waals surface area contributed by atoms with Crippen molar-refractivity contribution in [1.82, 2.24) is 20.9 Å². The number of urea groups is 1. The van der Waals surface area contributed by atoms with E-state index in [4.69, 9.17) is 0 Å². The fourth-order valence-corrected chi connectivity index (χ4v) is 3.48. The predicted molar refractivity (Wildman–Crippen MR) is 115 cm³/mol. The maximum Gasteiger partial charge on any atom is 0.315 e. The Hall–Kier alpha value is -1.86. The first-order valence-corrected chi connectivity index (χ1v) is 10.1. The van der Waals surface area contributed by atoms with Gasteiger partial charge in [-0.05, 0) is 62.4 Å². The van der Waals surface area contributed by atoms with Crippen molar-refractivity contribution in [2.24, 2.45) is 11.8 Å².